The van der Waals surface area contributed by atoms with Crippen molar-refractivity contribution in [1.29, 1.82) is 0 Å². The molecule has 3 aliphatic heterocycles. The first kappa shape index (κ1) is 9.84. The van der Waals surface area contributed by atoms with Crippen molar-refractivity contribution in [3.8, 4) is 5.88 Å². The molecule has 0 aliphatic carbocycles. The summed E-state index contributed by atoms with van der Waals surface area (Å²) in [5.41, 5.74) is 6.30. The molecule has 4 heterocycles. The second-order valence-electron chi connectivity index (χ2n) is 4.58. The topological polar surface area (TPSA) is 64.3 Å². The monoisotopic (exact) mass is 220 g/mol. The summed E-state index contributed by atoms with van der Waals surface area (Å²) in [6.45, 7) is 3.43. The van der Waals surface area contributed by atoms with Gasteiger partial charge in [0.25, 0.3) is 0 Å². The van der Waals surface area contributed by atoms with Crippen molar-refractivity contribution >= 4 is 5.69 Å². The molecule has 4 rings (SSSR count). The van der Waals surface area contributed by atoms with E-state index in [9.17, 15) is 0 Å². The average molecular weight is 220 g/mol. The fourth-order valence-electron chi connectivity index (χ4n) is 2.62. The second-order valence-corrected chi connectivity index (χ2v) is 4.58. The van der Waals surface area contributed by atoms with Gasteiger partial charge in [-0.25, -0.2) is 4.98 Å². The van der Waals surface area contributed by atoms with Crippen LogP contribution in [0.4, 0.5) is 5.69 Å². The minimum absolute atomic E-state index is 0.250. The van der Waals surface area contributed by atoms with Crippen molar-refractivity contribution in [2.45, 2.75) is 18.9 Å². The number of anilines is 1. The van der Waals surface area contributed by atoms with Crippen LogP contribution in [0.3, 0.4) is 0 Å². The van der Waals surface area contributed by atoms with Gasteiger partial charge in [-0.3, -0.25) is 4.90 Å². The van der Waals surface area contributed by atoms with Gasteiger partial charge in [-0.15, -0.1) is 0 Å². The number of nitrogen functional groups attached to an aromatic ring is 1. The molecule has 16 heavy (non-hydrogen) atoms. The summed E-state index contributed by atoms with van der Waals surface area (Å²) >= 11 is 0. The Morgan fingerprint density at radius 2 is 2.19 bits per heavy atom. The van der Waals surface area contributed by atoms with Gasteiger partial charge in [0.15, 0.2) is 0 Å². The fraction of sp³-hybridized carbons (Fsp3) is 0.636. The zero-order valence-electron chi connectivity index (χ0n) is 9.17. The summed E-state index contributed by atoms with van der Waals surface area (Å²) in [6, 6.07) is 0. The van der Waals surface area contributed by atoms with E-state index in [1.165, 1.54) is 32.3 Å². The lowest BCUT2D eigenvalue weighted by Gasteiger charge is -2.44. The van der Waals surface area contributed by atoms with Crippen LogP contribution in [0.15, 0.2) is 12.5 Å². The molecule has 0 aromatic carbocycles. The van der Waals surface area contributed by atoms with Crippen LogP contribution in [0.25, 0.3) is 0 Å². The number of rotatable bonds is 2. The molecule has 1 atom stereocenters. The summed E-state index contributed by atoms with van der Waals surface area (Å²) in [4.78, 5) is 10.4. The third-order valence-electron chi connectivity index (χ3n) is 3.56. The van der Waals surface area contributed by atoms with Crippen LogP contribution in [0.5, 0.6) is 5.88 Å². The minimum Gasteiger partial charge on any atom is -0.471 e. The number of nitrogens with two attached hydrogens (primary N) is 1. The minimum atomic E-state index is 0.250. The molecule has 0 saturated carbocycles. The predicted octanol–water partition coefficient (Wildman–Crippen LogP) is 0.532. The van der Waals surface area contributed by atoms with Crippen LogP contribution in [-0.4, -0.2) is 40.6 Å². The maximum atomic E-state index is 5.90. The highest BCUT2D eigenvalue weighted by Gasteiger charge is 2.35. The number of fused-ring (bicyclic) bond motifs is 3. The van der Waals surface area contributed by atoms with E-state index in [4.69, 9.17) is 10.5 Å². The lowest BCUT2D eigenvalue weighted by Crippen LogP contribution is -2.52. The molecule has 3 saturated heterocycles. The zero-order chi connectivity index (χ0) is 11.0. The largest absolute Gasteiger partial charge is 0.471 e. The first-order chi connectivity index (χ1) is 7.83. The Bertz CT molecular complexity index is 376. The molecule has 3 aliphatic rings. The summed E-state index contributed by atoms with van der Waals surface area (Å²) in [6.07, 6.45) is 5.78. The standard InChI is InChI=1S/C11H16N4O/c12-9-5-13-7-14-11(9)16-10-6-15-3-1-8(10)2-4-15/h5,7-8,10H,1-4,6,12H2/t10-/m0/s1. The van der Waals surface area contributed by atoms with Crippen molar-refractivity contribution < 1.29 is 4.74 Å². The summed E-state index contributed by atoms with van der Waals surface area (Å²) in [5.74, 6) is 1.20. The first-order valence-corrected chi connectivity index (χ1v) is 5.77. The van der Waals surface area contributed by atoms with Crippen LogP contribution < -0.4 is 10.5 Å². The van der Waals surface area contributed by atoms with Gasteiger partial charge in [0.05, 0.1) is 6.20 Å². The predicted molar refractivity (Wildman–Crippen MR) is 60.0 cm³/mol. The Hall–Kier alpha value is -1.36. The highest BCUT2D eigenvalue weighted by molar-refractivity contribution is 5.44. The van der Waals surface area contributed by atoms with Gasteiger partial charge >= 0.3 is 0 Å². The van der Waals surface area contributed by atoms with Gasteiger partial charge < -0.3 is 10.5 Å². The average Bonchev–Trinajstić information content (AvgIpc) is 2.34. The molecule has 0 radical (unpaired) electrons. The molecule has 3 fully saturated rings. The van der Waals surface area contributed by atoms with E-state index < -0.39 is 0 Å². The van der Waals surface area contributed by atoms with E-state index >= 15 is 0 Å². The van der Waals surface area contributed by atoms with E-state index in [0.717, 1.165) is 6.54 Å². The third-order valence-corrected chi connectivity index (χ3v) is 3.56. The molecule has 2 bridgehead atoms. The van der Waals surface area contributed by atoms with Gasteiger partial charge in [0.1, 0.15) is 18.1 Å². The van der Waals surface area contributed by atoms with Crippen molar-refractivity contribution in [1.82, 2.24) is 14.9 Å². The van der Waals surface area contributed by atoms with Crippen molar-refractivity contribution in [3.05, 3.63) is 12.5 Å². The Labute approximate surface area is 94.6 Å². The SMILES string of the molecule is Nc1cncnc1O[C@H]1CN2CCC1CC2. The number of nitrogens with zero attached hydrogens (tertiary/aromatic N) is 3. The zero-order valence-corrected chi connectivity index (χ0v) is 9.17. The van der Waals surface area contributed by atoms with E-state index in [1.54, 1.807) is 6.20 Å². The molecular formula is C11H16N4O. The van der Waals surface area contributed by atoms with Crippen LogP contribution in [0, 0.1) is 5.92 Å². The number of hydrogen-bond acceptors (Lipinski definition) is 5. The quantitative estimate of drug-likeness (QED) is 0.787. The molecule has 2 N–H and O–H groups in total. The number of aromatic nitrogens is 2. The van der Waals surface area contributed by atoms with Crippen LogP contribution in [0.1, 0.15) is 12.8 Å². The molecule has 5 nitrogen and oxygen atoms in total. The molecule has 0 unspecified atom stereocenters. The summed E-state index contributed by atoms with van der Waals surface area (Å²) in [7, 11) is 0. The van der Waals surface area contributed by atoms with Crippen molar-refractivity contribution in [3.63, 3.8) is 0 Å². The molecule has 1 aromatic rings. The van der Waals surface area contributed by atoms with Crippen molar-refractivity contribution in [2.75, 3.05) is 25.4 Å². The fourth-order valence-corrected chi connectivity index (χ4v) is 2.62. The number of ether oxygens (including phenoxy) is 1. The Balaban J connectivity index is 1.73. The lowest BCUT2D eigenvalue weighted by molar-refractivity contribution is -0.00958. The number of hydrogen-bond donors (Lipinski definition) is 1. The van der Waals surface area contributed by atoms with Crippen LogP contribution >= 0.6 is 0 Å². The molecule has 1 aromatic heterocycles. The van der Waals surface area contributed by atoms with Gasteiger partial charge in [0, 0.05) is 6.54 Å². The summed E-state index contributed by atoms with van der Waals surface area (Å²) < 4.78 is 5.90. The van der Waals surface area contributed by atoms with E-state index in [-0.39, 0.29) is 6.10 Å². The Morgan fingerprint density at radius 3 is 2.81 bits per heavy atom. The van der Waals surface area contributed by atoms with Crippen LogP contribution in [-0.2, 0) is 0 Å². The molecular weight excluding hydrogens is 204 g/mol. The summed E-state index contributed by atoms with van der Waals surface area (Å²) in [5, 5.41) is 0. The molecule has 0 spiro atoms. The molecule has 86 valence electrons. The van der Waals surface area contributed by atoms with E-state index in [0.29, 0.717) is 17.5 Å². The highest BCUT2D eigenvalue weighted by Crippen LogP contribution is 2.31. The molecule has 5 heteroatoms. The maximum absolute atomic E-state index is 5.90. The lowest BCUT2D eigenvalue weighted by atomic mass is 9.86. The van der Waals surface area contributed by atoms with Gasteiger partial charge in [-0.1, -0.05) is 0 Å². The number of piperidine rings is 3. The Kier molecular flexibility index (Phi) is 2.40. The highest BCUT2D eigenvalue weighted by atomic mass is 16.5. The van der Waals surface area contributed by atoms with Crippen molar-refractivity contribution in [2.24, 2.45) is 5.92 Å². The third kappa shape index (κ3) is 1.71. The van der Waals surface area contributed by atoms with E-state index in [1.807, 2.05) is 0 Å². The Morgan fingerprint density at radius 1 is 1.38 bits per heavy atom. The maximum Gasteiger partial charge on any atom is 0.240 e. The second kappa shape index (κ2) is 3.90. The van der Waals surface area contributed by atoms with Crippen LogP contribution in [0.2, 0.25) is 0 Å². The van der Waals surface area contributed by atoms with Gasteiger partial charge in [-0.05, 0) is 31.8 Å². The molecule has 0 amide bonds. The van der Waals surface area contributed by atoms with E-state index in [2.05, 4.69) is 14.9 Å². The normalized spacial score (nSPS) is 32.6. The van der Waals surface area contributed by atoms with Gasteiger partial charge in [-0.2, -0.15) is 4.98 Å². The van der Waals surface area contributed by atoms with Gasteiger partial charge in [0.2, 0.25) is 5.88 Å². The smallest absolute Gasteiger partial charge is 0.240 e. The first-order valence-electron chi connectivity index (χ1n) is 5.77.